The number of allylic oxidation sites excluding steroid dienone is 2. The van der Waals surface area contributed by atoms with Crippen LogP contribution in [0.4, 0.5) is 0 Å². The summed E-state index contributed by atoms with van der Waals surface area (Å²) in [4.78, 5) is 0. The predicted octanol–water partition coefficient (Wildman–Crippen LogP) is 2.10. The van der Waals surface area contributed by atoms with Gasteiger partial charge in [0.05, 0.1) is 5.70 Å². The van der Waals surface area contributed by atoms with Crippen molar-refractivity contribution in [3.63, 3.8) is 0 Å². The third kappa shape index (κ3) is 1.63. The van der Waals surface area contributed by atoms with Crippen molar-refractivity contribution in [1.29, 1.82) is 0 Å². The van der Waals surface area contributed by atoms with Crippen LogP contribution in [-0.4, -0.2) is 11.1 Å². The molecule has 0 aromatic rings. The van der Waals surface area contributed by atoms with Crippen molar-refractivity contribution in [2.75, 3.05) is 0 Å². The van der Waals surface area contributed by atoms with Gasteiger partial charge >= 0.3 is 0 Å². The summed E-state index contributed by atoms with van der Waals surface area (Å²) in [5.74, 6) is 1.26. The van der Waals surface area contributed by atoms with Gasteiger partial charge in [-0.05, 0) is 38.2 Å². The Balaban J connectivity index is 2.03. The summed E-state index contributed by atoms with van der Waals surface area (Å²) in [6.45, 7) is 2.09. The largest absolute Gasteiger partial charge is 0.506 e. The van der Waals surface area contributed by atoms with Crippen molar-refractivity contribution in [2.24, 2.45) is 5.92 Å². The summed E-state index contributed by atoms with van der Waals surface area (Å²) in [5.41, 5.74) is 1.03. The summed E-state index contributed by atoms with van der Waals surface area (Å²) in [5, 5.41) is 12.8. The Morgan fingerprint density at radius 3 is 3.00 bits per heavy atom. The number of hydrogen-bond acceptors (Lipinski definition) is 2. The fourth-order valence-electron chi connectivity index (χ4n) is 1.51. The zero-order valence-corrected chi connectivity index (χ0v) is 7.38. The molecule has 2 N–H and O–H groups in total. The van der Waals surface area contributed by atoms with Crippen LogP contribution >= 0.6 is 0 Å². The summed E-state index contributed by atoms with van der Waals surface area (Å²) >= 11 is 0. The summed E-state index contributed by atoms with van der Waals surface area (Å²) in [6, 6.07) is 0.370. The third-order valence-corrected chi connectivity index (χ3v) is 2.44. The van der Waals surface area contributed by atoms with Crippen LogP contribution in [0, 0.1) is 5.92 Å². The molecule has 1 atom stereocenters. The first kappa shape index (κ1) is 7.71. The normalized spacial score (nSPS) is 28.9. The highest BCUT2D eigenvalue weighted by atomic mass is 16.3. The second kappa shape index (κ2) is 2.85. The molecule has 66 valence electrons. The number of aliphatic hydroxyl groups is 1. The van der Waals surface area contributed by atoms with E-state index in [2.05, 4.69) is 12.2 Å². The van der Waals surface area contributed by atoms with Gasteiger partial charge in [-0.3, -0.25) is 0 Å². The van der Waals surface area contributed by atoms with Crippen LogP contribution in [0.15, 0.2) is 23.6 Å². The van der Waals surface area contributed by atoms with E-state index in [0.29, 0.717) is 11.8 Å². The summed E-state index contributed by atoms with van der Waals surface area (Å²) in [7, 11) is 0. The minimum absolute atomic E-state index is 0.370. The van der Waals surface area contributed by atoms with Crippen molar-refractivity contribution < 1.29 is 5.11 Å². The van der Waals surface area contributed by atoms with Crippen LogP contribution in [0.2, 0.25) is 0 Å². The molecule has 1 heterocycles. The summed E-state index contributed by atoms with van der Waals surface area (Å²) < 4.78 is 0. The zero-order valence-electron chi connectivity index (χ0n) is 7.38. The van der Waals surface area contributed by atoms with Crippen LogP contribution in [0.3, 0.4) is 0 Å². The molecule has 0 amide bonds. The van der Waals surface area contributed by atoms with Gasteiger partial charge in [0.25, 0.3) is 0 Å². The third-order valence-electron chi connectivity index (χ3n) is 2.44. The zero-order chi connectivity index (χ0) is 8.55. The van der Waals surface area contributed by atoms with E-state index >= 15 is 0 Å². The predicted molar refractivity (Wildman–Crippen MR) is 48.7 cm³/mol. The Bertz CT molecular complexity index is 238. The van der Waals surface area contributed by atoms with Crippen LogP contribution in [0.1, 0.15) is 26.2 Å². The quantitative estimate of drug-likeness (QED) is 0.656. The molecule has 1 fully saturated rings. The molecule has 0 aromatic heterocycles. The highest BCUT2D eigenvalue weighted by molar-refractivity contribution is 5.25. The fraction of sp³-hybridized carbons (Fsp3) is 0.600. The lowest BCUT2D eigenvalue weighted by atomic mass is 10.1. The minimum Gasteiger partial charge on any atom is -0.506 e. The van der Waals surface area contributed by atoms with E-state index in [1.807, 2.05) is 6.08 Å². The standard InChI is InChI=1S/C10H15NO/c1-7-2-5-10(12)9(11-7)6-8-3-4-8/h2,5,7-8,11-12H,3-4,6H2,1H3. The smallest absolute Gasteiger partial charge is 0.134 e. The molecule has 1 aliphatic carbocycles. The van der Waals surface area contributed by atoms with Gasteiger partial charge in [-0.25, -0.2) is 0 Å². The lowest BCUT2D eigenvalue weighted by Gasteiger charge is -2.19. The fourth-order valence-corrected chi connectivity index (χ4v) is 1.51. The van der Waals surface area contributed by atoms with E-state index in [4.69, 9.17) is 0 Å². The highest BCUT2D eigenvalue weighted by Gasteiger charge is 2.25. The van der Waals surface area contributed by atoms with E-state index in [-0.39, 0.29) is 0 Å². The Hall–Kier alpha value is -0.920. The minimum atomic E-state index is 0.370. The van der Waals surface area contributed by atoms with Crippen molar-refractivity contribution in [1.82, 2.24) is 5.32 Å². The van der Waals surface area contributed by atoms with Crippen molar-refractivity contribution in [3.05, 3.63) is 23.6 Å². The molecule has 1 aliphatic heterocycles. The molecular weight excluding hydrogens is 150 g/mol. The second-order valence-electron chi connectivity index (χ2n) is 3.80. The van der Waals surface area contributed by atoms with Crippen LogP contribution in [0.25, 0.3) is 0 Å². The van der Waals surface area contributed by atoms with Gasteiger partial charge < -0.3 is 10.4 Å². The van der Waals surface area contributed by atoms with E-state index in [1.54, 1.807) is 6.08 Å². The lowest BCUT2D eigenvalue weighted by Crippen LogP contribution is -2.27. The molecule has 0 bridgehead atoms. The van der Waals surface area contributed by atoms with Crippen molar-refractivity contribution in [2.45, 2.75) is 32.2 Å². The van der Waals surface area contributed by atoms with Crippen LogP contribution < -0.4 is 5.32 Å². The summed E-state index contributed by atoms with van der Waals surface area (Å²) in [6.07, 6.45) is 7.47. The first-order valence-electron chi connectivity index (χ1n) is 4.62. The number of hydrogen-bond donors (Lipinski definition) is 2. The second-order valence-corrected chi connectivity index (χ2v) is 3.80. The maximum absolute atomic E-state index is 9.49. The monoisotopic (exact) mass is 165 g/mol. The van der Waals surface area contributed by atoms with Gasteiger partial charge in [0, 0.05) is 6.04 Å². The number of dihydropyridines is 1. The first-order valence-corrected chi connectivity index (χ1v) is 4.62. The van der Waals surface area contributed by atoms with Gasteiger partial charge in [0.15, 0.2) is 0 Å². The van der Waals surface area contributed by atoms with Gasteiger partial charge in [-0.1, -0.05) is 6.08 Å². The number of aliphatic hydroxyl groups excluding tert-OH is 1. The molecule has 0 radical (unpaired) electrons. The van der Waals surface area contributed by atoms with Gasteiger partial charge in [-0.15, -0.1) is 0 Å². The molecular formula is C10H15NO. The van der Waals surface area contributed by atoms with Gasteiger partial charge in [0.1, 0.15) is 5.76 Å². The Morgan fingerprint density at radius 2 is 2.33 bits per heavy atom. The number of nitrogens with one attached hydrogen (secondary N) is 1. The Morgan fingerprint density at radius 1 is 1.58 bits per heavy atom. The Labute approximate surface area is 73.0 Å². The molecule has 1 saturated carbocycles. The average molecular weight is 165 g/mol. The lowest BCUT2D eigenvalue weighted by molar-refractivity contribution is 0.404. The van der Waals surface area contributed by atoms with Gasteiger partial charge in [0.2, 0.25) is 0 Å². The molecule has 12 heavy (non-hydrogen) atoms. The molecule has 0 spiro atoms. The molecule has 2 aliphatic rings. The van der Waals surface area contributed by atoms with Crippen molar-refractivity contribution in [3.8, 4) is 0 Å². The van der Waals surface area contributed by atoms with E-state index in [0.717, 1.165) is 18.0 Å². The molecule has 0 aromatic carbocycles. The molecule has 2 heteroatoms. The van der Waals surface area contributed by atoms with Crippen LogP contribution in [0.5, 0.6) is 0 Å². The van der Waals surface area contributed by atoms with Gasteiger partial charge in [-0.2, -0.15) is 0 Å². The SMILES string of the molecule is CC1C=CC(O)=C(CC2CC2)N1. The van der Waals surface area contributed by atoms with Crippen molar-refractivity contribution >= 4 is 0 Å². The number of rotatable bonds is 2. The van der Waals surface area contributed by atoms with E-state index in [9.17, 15) is 5.11 Å². The molecule has 2 rings (SSSR count). The first-order chi connectivity index (χ1) is 5.75. The maximum atomic E-state index is 9.49. The maximum Gasteiger partial charge on any atom is 0.134 e. The average Bonchev–Trinajstić information content (AvgIpc) is 2.81. The Kier molecular flexibility index (Phi) is 1.83. The topological polar surface area (TPSA) is 32.3 Å². The van der Waals surface area contributed by atoms with E-state index in [1.165, 1.54) is 12.8 Å². The van der Waals surface area contributed by atoms with E-state index < -0.39 is 0 Å². The van der Waals surface area contributed by atoms with Crippen LogP contribution in [-0.2, 0) is 0 Å². The molecule has 1 unspecified atom stereocenters. The molecule has 2 nitrogen and oxygen atoms in total. The molecule has 0 saturated heterocycles. The highest BCUT2D eigenvalue weighted by Crippen LogP contribution is 2.35.